The van der Waals surface area contributed by atoms with E-state index in [4.69, 9.17) is 0 Å². The fraction of sp³-hybridized carbons (Fsp3) is 0.500. The molecular weight excluding hydrogens is 290 g/mol. The number of rotatable bonds is 2. The molecule has 2 nitrogen and oxygen atoms in total. The summed E-state index contributed by atoms with van der Waals surface area (Å²) in [6.45, 7) is 2.71. The minimum atomic E-state index is -5.94. The Bertz CT molecular complexity index is 476. The maximum absolute atomic E-state index is 12.8. The molecule has 0 aliphatic heterocycles. The highest BCUT2D eigenvalue weighted by Crippen LogP contribution is 2.51. The van der Waals surface area contributed by atoms with Crippen molar-refractivity contribution in [1.29, 1.82) is 0 Å². The van der Waals surface area contributed by atoms with E-state index in [1.165, 1.54) is 13.8 Å². The highest BCUT2D eigenvalue weighted by Gasteiger charge is 2.71. The molecule has 0 amide bonds. The maximum atomic E-state index is 12.8. The Morgan fingerprint density at radius 2 is 1.40 bits per heavy atom. The van der Waals surface area contributed by atoms with E-state index in [1.807, 2.05) is 0 Å². The second-order valence-electron chi connectivity index (χ2n) is 4.63. The number of phenolic OH excluding ortho intramolecular Hbond substituents is 1. The average Bonchev–Trinajstić information content (AvgIpc) is 2.24. The molecule has 0 aliphatic rings. The molecule has 0 radical (unpaired) electrons. The zero-order valence-electron chi connectivity index (χ0n) is 10.5. The SMILES string of the molecule is CC(C)c1cc(O)ccc1C(O)(C(F)(F)F)C(F)(F)F. The number of aromatic hydroxyl groups is 1. The van der Waals surface area contributed by atoms with Gasteiger partial charge >= 0.3 is 12.4 Å². The van der Waals surface area contributed by atoms with Crippen molar-refractivity contribution in [2.75, 3.05) is 0 Å². The van der Waals surface area contributed by atoms with E-state index in [9.17, 15) is 36.6 Å². The van der Waals surface area contributed by atoms with Crippen LogP contribution >= 0.6 is 0 Å². The van der Waals surface area contributed by atoms with Gasteiger partial charge in [-0.15, -0.1) is 0 Å². The minimum Gasteiger partial charge on any atom is -0.508 e. The van der Waals surface area contributed by atoms with Crippen LogP contribution in [0.5, 0.6) is 5.75 Å². The third kappa shape index (κ3) is 2.56. The van der Waals surface area contributed by atoms with Gasteiger partial charge in [0.1, 0.15) is 5.75 Å². The monoisotopic (exact) mass is 302 g/mol. The zero-order valence-corrected chi connectivity index (χ0v) is 10.5. The average molecular weight is 302 g/mol. The summed E-state index contributed by atoms with van der Waals surface area (Å²) < 4.78 is 76.8. The van der Waals surface area contributed by atoms with Crippen LogP contribution in [0.2, 0.25) is 0 Å². The molecule has 114 valence electrons. The van der Waals surface area contributed by atoms with Crippen molar-refractivity contribution in [3.63, 3.8) is 0 Å². The summed E-state index contributed by atoms with van der Waals surface area (Å²) in [5.74, 6) is -1.24. The van der Waals surface area contributed by atoms with Gasteiger partial charge in [0.15, 0.2) is 0 Å². The number of aliphatic hydroxyl groups is 1. The molecule has 0 aromatic heterocycles. The van der Waals surface area contributed by atoms with Crippen LogP contribution in [0.3, 0.4) is 0 Å². The number of alkyl halides is 6. The summed E-state index contributed by atoms with van der Waals surface area (Å²) in [6, 6.07) is 1.89. The molecule has 0 bridgehead atoms. The molecular formula is C12H12F6O2. The molecule has 8 heteroatoms. The largest absolute Gasteiger partial charge is 0.508 e. The fourth-order valence-electron chi connectivity index (χ4n) is 1.82. The molecule has 1 aromatic carbocycles. The quantitative estimate of drug-likeness (QED) is 0.815. The Balaban J connectivity index is 3.68. The van der Waals surface area contributed by atoms with E-state index in [-0.39, 0.29) is 0 Å². The Morgan fingerprint density at radius 1 is 0.950 bits per heavy atom. The van der Waals surface area contributed by atoms with E-state index in [0.29, 0.717) is 12.1 Å². The first kappa shape index (κ1) is 16.6. The van der Waals surface area contributed by atoms with Gasteiger partial charge in [0, 0.05) is 5.56 Å². The normalized spacial score (nSPS) is 13.9. The van der Waals surface area contributed by atoms with Crippen LogP contribution in [0.15, 0.2) is 18.2 Å². The molecule has 0 saturated carbocycles. The third-order valence-electron chi connectivity index (χ3n) is 2.87. The van der Waals surface area contributed by atoms with Gasteiger partial charge in [-0.2, -0.15) is 26.3 Å². The lowest BCUT2D eigenvalue weighted by molar-refractivity contribution is -0.376. The fourth-order valence-corrected chi connectivity index (χ4v) is 1.82. The van der Waals surface area contributed by atoms with E-state index in [0.717, 1.165) is 6.07 Å². The van der Waals surface area contributed by atoms with Crippen LogP contribution < -0.4 is 0 Å². The Kier molecular flexibility index (Phi) is 4.02. The van der Waals surface area contributed by atoms with Crippen molar-refractivity contribution < 1.29 is 36.6 Å². The molecule has 0 spiro atoms. The van der Waals surface area contributed by atoms with Gasteiger partial charge < -0.3 is 10.2 Å². The summed E-state index contributed by atoms with van der Waals surface area (Å²) >= 11 is 0. The summed E-state index contributed by atoms with van der Waals surface area (Å²) in [4.78, 5) is 0. The first-order chi connectivity index (χ1) is 8.82. The highest BCUT2D eigenvalue weighted by molar-refractivity contribution is 5.42. The van der Waals surface area contributed by atoms with Gasteiger partial charge in [0.2, 0.25) is 0 Å². The first-order valence-corrected chi connectivity index (χ1v) is 5.51. The number of hydrogen-bond acceptors (Lipinski definition) is 2. The van der Waals surface area contributed by atoms with Crippen molar-refractivity contribution >= 4 is 0 Å². The number of hydrogen-bond donors (Lipinski definition) is 2. The molecule has 1 aromatic rings. The molecule has 20 heavy (non-hydrogen) atoms. The van der Waals surface area contributed by atoms with Gasteiger partial charge in [-0.05, 0) is 23.6 Å². The van der Waals surface area contributed by atoms with Crippen molar-refractivity contribution in [3.8, 4) is 5.75 Å². The van der Waals surface area contributed by atoms with Crippen molar-refractivity contribution in [2.24, 2.45) is 0 Å². The van der Waals surface area contributed by atoms with Crippen LogP contribution in [0.4, 0.5) is 26.3 Å². The van der Waals surface area contributed by atoms with E-state index in [1.54, 1.807) is 0 Å². The van der Waals surface area contributed by atoms with Gasteiger partial charge in [-0.25, -0.2) is 0 Å². The maximum Gasteiger partial charge on any atom is 0.430 e. The van der Waals surface area contributed by atoms with Crippen molar-refractivity contribution in [1.82, 2.24) is 0 Å². The first-order valence-electron chi connectivity index (χ1n) is 5.51. The molecule has 0 fully saturated rings. The molecule has 0 heterocycles. The standard InChI is InChI=1S/C12H12F6O2/c1-6(2)8-5-7(19)3-4-9(8)10(20,11(13,14)15)12(16,17)18/h3-6,19-20H,1-2H3. The van der Waals surface area contributed by atoms with E-state index in [2.05, 4.69) is 0 Å². The summed E-state index contributed by atoms with van der Waals surface area (Å²) in [7, 11) is 0. The smallest absolute Gasteiger partial charge is 0.430 e. The molecule has 1 rings (SSSR count). The number of halogens is 6. The lowest BCUT2D eigenvalue weighted by Crippen LogP contribution is -2.54. The number of phenols is 1. The topological polar surface area (TPSA) is 40.5 Å². The zero-order chi connectivity index (χ0) is 15.9. The minimum absolute atomic E-state index is 0.429. The third-order valence-corrected chi connectivity index (χ3v) is 2.87. The molecule has 0 unspecified atom stereocenters. The molecule has 0 aliphatic carbocycles. The van der Waals surface area contributed by atoms with Crippen molar-refractivity contribution in [2.45, 2.75) is 37.7 Å². The lowest BCUT2D eigenvalue weighted by Gasteiger charge is -2.34. The summed E-state index contributed by atoms with van der Waals surface area (Å²) in [5.41, 5.74) is -6.74. The van der Waals surface area contributed by atoms with Crippen LogP contribution in [0.1, 0.15) is 30.9 Å². The predicted molar refractivity (Wildman–Crippen MR) is 58.2 cm³/mol. The van der Waals surface area contributed by atoms with Crippen LogP contribution in [0, 0.1) is 0 Å². The van der Waals surface area contributed by atoms with Gasteiger partial charge in [0.25, 0.3) is 5.60 Å². The Labute approximate surface area is 110 Å². The Morgan fingerprint density at radius 3 is 1.75 bits per heavy atom. The van der Waals surface area contributed by atoms with Gasteiger partial charge in [0.05, 0.1) is 0 Å². The van der Waals surface area contributed by atoms with Gasteiger partial charge in [-0.3, -0.25) is 0 Å². The van der Waals surface area contributed by atoms with E-state index < -0.39 is 40.7 Å². The summed E-state index contributed by atoms with van der Waals surface area (Å²) in [6.07, 6.45) is -11.9. The molecule has 0 atom stereocenters. The molecule has 0 saturated heterocycles. The Hall–Kier alpha value is -1.44. The second kappa shape index (κ2) is 4.83. The van der Waals surface area contributed by atoms with Gasteiger partial charge in [-0.1, -0.05) is 19.9 Å². The number of benzene rings is 1. The van der Waals surface area contributed by atoms with Crippen LogP contribution in [-0.4, -0.2) is 22.6 Å². The van der Waals surface area contributed by atoms with Crippen LogP contribution in [0.25, 0.3) is 0 Å². The molecule has 2 N–H and O–H groups in total. The second-order valence-corrected chi connectivity index (χ2v) is 4.63. The van der Waals surface area contributed by atoms with Crippen LogP contribution in [-0.2, 0) is 5.60 Å². The summed E-state index contributed by atoms with van der Waals surface area (Å²) in [5, 5.41) is 18.6. The predicted octanol–water partition coefficient (Wildman–Crippen LogP) is 3.83. The lowest BCUT2D eigenvalue weighted by atomic mass is 9.84. The van der Waals surface area contributed by atoms with Crippen molar-refractivity contribution in [3.05, 3.63) is 29.3 Å². The van der Waals surface area contributed by atoms with E-state index >= 15 is 0 Å². The highest BCUT2D eigenvalue weighted by atomic mass is 19.4.